The summed E-state index contributed by atoms with van der Waals surface area (Å²) in [5.74, 6) is 0. The summed E-state index contributed by atoms with van der Waals surface area (Å²) >= 11 is 0. The molecular formula is C49H42BO3P. The molecule has 0 bridgehead atoms. The number of hydrogen-bond donors (Lipinski definition) is 0. The summed E-state index contributed by atoms with van der Waals surface area (Å²) in [6, 6.07) is 63.2. The van der Waals surface area contributed by atoms with E-state index < -0.39 is 30.9 Å². The van der Waals surface area contributed by atoms with Crippen LogP contribution in [-0.2, 0) is 19.3 Å². The highest BCUT2D eigenvalue weighted by molar-refractivity contribution is 7.85. The van der Waals surface area contributed by atoms with E-state index in [1.807, 2.05) is 72.8 Å². The predicted octanol–water partition coefficient (Wildman–Crippen LogP) is 9.66. The molecule has 5 heteroatoms. The van der Waals surface area contributed by atoms with E-state index in [1.165, 1.54) is 33.4 Å². The standard InChI is InChI=1S/C49H42BO3P/c1-47(2)48(3,4)53-50(52-47)46-34-45-43(41-27-17-18-28-44(41)49(45,36-19-9-5-10-20-36)37-21-11-6-12-22-37)33-42(46)35-29-31-40(32-30-35)54(51,38-23-13-7-14-24-38)39-25-15-8-16-26-39/h5-34H,1-4H3. The number of rotatable bonds is 7. The molecule has 2 aliphatic rings. The van der Waals surface area contributed by atoms with Gasteiger partial charge in [-0.1, -0.05) is 176 Å². The maximum Gasteiger partial charge on any atom is 0.495 e. The molecule has 7 aromatic rings. The van der Waals surface area contributed by atoms with E-state index in [4.69, 9.17) is 9.31 Å². The van der Waals surface area contributed by atoms with E-state index >= 15 is 4.57 Å². The van der Waals surface area contributed by atoms with Crippen molar-refractivity contribution < 1.29 is 13.9 Å². The molecule has 0 atom stereocenters. The van der Waals surface area contributed by atoms with Crippen molar-refractivity contribution in [3.63, 3.8) is 0 Å². The molecule has 264 valence electrons. The zero-order valence-electron chi connectivity index (χ0n) is 31.1. The Balaban J connectivity index is 1.29. The lowest BCUT2D eigenvalue weighted by molar-refractivity contribution is 0.00578. The fourth-order valence-corrected chi connectivity index (χ4v) is 11.1. The first-order valence-corrected chi connectivity index (χ1v) is 20.4. The predicted molar refractivity (Wildman–Crippen MR) is 224 cm³/mol. The number of hydrogen-bond acceptors (Lipinski definition) is 3. The molecule has 1 heterocycles. The third-order valence-electron chi connectivity index (χ3n) is 11.9. The average molecular weight is 721 g/mol. The molecule has 7 aromatic carbocycles. The van der Waals surface area contributed by atoms with Crippen LogP contribution in [0.4, 0.5) is 0 Å². The van der Waals surface area contributed by atoms with Crippen molar-refractivity contribution >= 4 is 35.6 Å². The second-order valence-electron chi connectivity index (χ2n) is 15.4. The molecule has 9 rings (SSSR count). The van der Waals surface area contributed by atoms with Crippen LogP contribution in [0.5, 0.6) is 0 Å². The van der Waals surface area contributed by atoms with Gasteiger partial charge in [-0.2, -0.15) is 0 Å². The molecule has 0 N–H and O–H groups in total. The van der Waals surface area contributed by atoms with Crippen LogP contribution in [0.3, 0.4) is 0 Å². The maximum absolute atomic E-state index is 15.3. The van der Waals surface area contributed by atoms with Gasteiger partial charge in [-0.25, -0.2) is 0 Å². The molecule has 0 saturated carbocycles. The largest absolute Gasteiger partial charge is 0.495 e. The Morgan fingerprint density at radius 2 is 0.889 bits per heavy atom. The topological polar surface area (TPSA) is 35.5 Å². The first-order chi connectivity index (χ1) is 26.1. The van der Waals surface area contributed by atoms with E-state index in [2.05, 4.69) is 137 Å². The van der Waals surface area contributed by atoms with Crippen LogP contribution in [0.15, 0.2) is 182 Å². The first kappa shape index (κ1) is 34.5. The SMILES string of the molecule is CC1(C)OB(c2cc3c(cc2-c2ccc(P(=O)(c4ccccc4)c4ccccc4)cc2)-c2ccccc2C3(c2ccccc2)c2ccccc2)OC1(C)C. The monoisotopic (exact) mass is 720 g/mol. The van der Waals surface area contributed by atoms with Crippen LogP contribution in [0.25, 0.3) is 22.3 Å². The van der Waals surface area contributed by atoms with Crippen LogP contribution in [0.1, 0.15) is 49.9 Å². The van der Waals surface area contributed by atoms with E-state index in [0.717, 1.165) is 32.5 Å². The molecule has 0 amide bonds. The Morgan fingerprint density at radius 1 is 0.444 bits per heavy atom. The Morgan fingerprint density at radius 3 is 1.41 bits per heavy atom. The fraction of sp³-hybridized carbons (Fsp3) is 0.143. The van der Waals surface area contributed by atoms with Gasteiger partial charge < -0.3 is 13.9 Å². The van der Waals surface area contributed by atoms with Gasteiger partial charge in [0.25, 0.3) is 0 Å². The number of benzene rings is 7. The van der Waals surface area contributed by atoms with Crippen LogP contribution < -0.4 is 21.4 Å². The smallest absolute Gasteiger partial charge is 0.399 e. The van der Waals surface area contributed by atoms with Gasteiger partial charge in [-0.3, -0.25) is 0 Å². The van der Waals surface area contributed by atoms with Gasteiger partial charge in [0, 0.05) is 15.9 Å². The fourth-order valence-electron chi connectivity index (χ4n) is 8.49. The zero-order valence-corrected chi connectivity index (χ0v) is 32.0. The van der Waals surface area contributed by atoms with E-state index in [0.29, 0.717) is 0 Å². The zero-order chi connectivity index (χ0) is 37.1. The molecule has 1 aliphatic carbocycles. The van der Waals surface area contributed by atoms with Crippen molar-refractivity contribution in [3.05, 3.63) is 204 Å². The molecule has 0 radical (unpaired) electrons. The Kier molecular flexibility index (Phi) is 8.28. The van der Waals surface area contributed by atoms with Crippen LogP contribution in [-0.4, -0.2) is 18.3 Å². The van der Waals surface area contributed by atoms with Gasteiger partial charge in [0.15, 0.2) is 7.14 Å². The van der Waals surface area contributed by atoms with Gasteiger partial charge in [-0.05, 0) is 83.7 Å². The summed E-state index contributed by atoms with van der Waals surface area (Å²) in [5.41, 5.74) is 8.62. The Labute approximate surface area is 319 Å². The highest BCUT2D eigenvalue weighted by atomic mass is 31.2. The highest BCUT2D eigenvalue weighted by Crippen LogP contribution is 2.56. The lowest BCUT2D eigenvalue weighted by Gasteiger charge is -2.34. The lowest BCUT2D eigenvalue weighted by Crippen LogP contribution is -2.41. The molecule has 0 spiro atoms. The minimum atomic E-state index is -3.15. The Bertz CT molecular complexity index is 2420. The molecule has 0 aromatic heterocycles. The molecule has 54 heavy (non-hydrogen) atoms. The summed E-state index contributed by atoms with van der Waals surface area (Å²) < 4.78 is 29.0. The first-order valence-electron chi connectivity index (χ1n) is 18.7. The summed E-state index contributed by atoms with van der Waals surface area (Å²) in [4.78, 5) is 0. The molecule has 3 nitrogen and oxygen atoms in total. The second kappa shape index (κ2) is 13.0. The summed E-state index contributed by atoms with van der Waals surface area (Å²) in [6.45, 7) is 8.42. The van der Waals surface area contributed by atoms with Crippen LogP contribution in [0, 0.1) is 0 Å². The van der Waals surface area contributed by atoms with Crippen molar-refractivity contribution in [1.82, 2.24) is 0 Å². The third kappa shape index (κ3) is 5.23. The van der Waals surface area contributed by atoms with Gasteiger partial charge in [-0.15, -0.1) is 0 Å². The van der Waals surface area contributed by atoms with Crippen molar-refractivity contribution in [1.29, 1.82) is 0 Å². The van der Waals surface area contributed by atoms with E-state index in [-0.39, 0.29) is 0 Å². The van der Waals surface area contributed by atoms with Crippen molar-refractivity contribution in [2.45, 2.75) is 44.3 Å². The van der Waals surface area contributed by atoms with Gasteiger partial charge in [0.2, 0.25) is 0 Å². The van der Waals surface area contributed by atoms with Gasteiger partial charge in [0.1, 0.15) is 0 Å². The normalized spacial score (nSPS) is 16.5. The minimum Gasteiger partial charge on any atom is -0.399 e. The lowest BCUT2D eigenvalue weighted by atomic mass is 9.65. The summed E-state index contributed by atoms with van der Waals surface area (Å²) in [6.07, 6.45) is 0. The molecule has 0 unspecified atom stereocenters. The second-order valence-corrected chi connectivity index (χ2v) is 18.2. The highest BCUT2D eigenvalue weighted by Gasteiger charge is 2.54. The average Bonchev–Trinajstić information content (AvgIpc) is 3.63. The Hall–Kier alpha value is -5.25. The van der Waals surface area contributed by atoms with Crippen molar-refractivity contribution in [2.24, 2.45) is 0 Å². The quantitative estimate of drug-likeness (QED) is 0.122. The minimum absolute atomic E-state index is 0.533. The maximum atomic E-state index is 15.3. The van der Waals surface area contributed by atoms with Crippen LogP contribution >= 0.6 is 7.14 Å². The van der Waals surface area contributed by atoms with Crippen molar-refractivity contribution in [2.75, 3.05) is 0 Å². The third-order valence-corrected chi connectivity index (χ3v) is 15.0. The van der Waals surface area contributed by atoms with Crippen molar-refractivity contribution in [3.8, 4) is 22.3 Å². The number of fused-ring (bicyclic) bond motifs is 3. The van der Waals surface area contributed by atoms with E-state index in [9.17, 15) is 0 Å². The molecular weight excluding hydrogens is 678 g/mol. The molecule has 1 saturated heterocycles. The van der Waals surface area contributed by atoms with Gasteiger partial charge >= 0.3 is 7.12 Å². The summed E-state index contributed by atoms with van der Waals surface area (Å²) in [5, 5.41) is 2.42. The molecule has 1 fully saturated rings. The molecule has 1 aliphatic heterocycles. The summed E-state index contributed by atoms with van der Waals surface area (Å²) in [7, 11) is -3.76. The van der Waals surface area contributed by atoms with Crippen LogP contribution in [0.2, 0.25) is 0 Å². The van der Waals surface area contributed by atoms with Gasteiger partial charge in [0.05, 0.1) is 16.6 Å². The van der Waals surface area contributed by atoms with E-state index in [1.54, 1.807) is 0 Å².